The summed E-state index contributed by atoms with van der Waals surface area (Å²) < 4.78 is 17.4. The Morgan fingerprint density at radius 3 is 2.38 bits per heavy atom. The Morgan fingerprint density at radius 2 is 1.62 bits per heavy atom. The van der Waals surface area contributed by atoms with Gasteiger partial charge in [0.25, 0.3) is 0 Å². The number of rotatable bonds is 6. The highest BCUT2D eigenvalue weighted by Crippen LogP contribution is 2.37. The molecule has 1 aromatic heterocycles. The van der Waals surface area contributed by atoms with Crippen molar-refractivity contribution in [3.05, 3.63) is 107 Å². The molecule has 1 atom stereocenters. The zero-order chi connectivity index (χ0) is 23.7. The minimum atomic E-state index is -0.336. The van der Waals surface area contributed by atoms with Gasteiger partial charge in [-0.3, -0.25) is 4.79 Å². The van der Waals surface area contributed by atoms with E-state index in [-0.39, 0.29) is 24.1 Å². The van der Waals surface area contributed by atoms with E-state index in [2.05, 4.69) is 54.1 Å². The van der Waals surface area contributed by atoms with E-state index in [0.717, 1.165) is 54.5 Å². The Morgan fingerprint density at radius 1 is 0.912 bits per heavy atom. The van der Waals surface area contributed by atoms with Crippen LogP contribution < -0.4 is 0 Å². The van der Waals surface area contributed by atoms with Crippen molar-refractivity contribution in [2.45, 2.75) is 45.6 Å². The predicted octanol–water partition coefficient (Wildman–Crippen LogP) is 6.59. The highest BCUT2D eigenvalue weighted by Gasteiger charge is 2.28. The highest BCUT2D eigenvalue weighted by molar-refractivity contribution is 5.87. The van der Waals surface area contributed by atoms with Crippen molar-refractivity contribution in [3.8, 4) is 0 Å². The predicted molar refractivity (Wildman–Crippen MR) is 136 cm³/mol. The van der Waals surface area contributed by atoms with Crippen LogP contribution >= 0.6 is 0 Å². The van der Waals surface area contributed by atoms with Crippen molar-refractivity contribution in [1.29, 1.82) is 0 Å². The summed E-state index contributed by atoms with van der Waals surface area (Å²) in [7, 11) is 0. The van der Waals surface area contributed by atoms with Crippen LogP contribution in [0.4, 0.5) is 4.39 Å². The number of carbonyl (C=O) groups is 1. The van der Waals surface area contributed by atoms with Crippen LogP contribution in [-0.2, 0) is 11.3 Å². The average Bonchev–Trinajstić information content (AvgIpc) is 3.50. The average molecular weight is 455 g/mol. The second-order valence-corrected chi connectivity index (χ2v) is 9.58. The summed E-state index contributed by atoms with van der Waals surface area (Å²) in [5, 5.41) is 1.08. The Kier molecular flexibility index (Phi) is 6.23. The number of amides is 1. The molecule has 0 spiro atoms. The first-order chi connectivity index (χ1) is 16.5. The number of likely N-dealkylation sites (tertiary alicyclic amines) is 1. The third-order valence-corrected chi connectivity index (χ3v) is 7.03. The molecule has 0 saturated carbocycles. The first-order valence-corrected chi connectivity index (χ1v) is 12.2. The van der Waals surface area contributed by atoms with E-state index in [1.54, 1.807) is 6.07 Å². The fourth-order valence-electron chi connectivity index (χ4n) is 5.16. The molecule has 1 aliphatic rings. The number of halogens is 1. The second kappa shape index (κ2) is 9.46. The number of fused-ring (bicyclic) bond motifs is 1. The highest BCUT2D eigenvalue weighted by atomic mass is 19.1. The first kappa shape index (κ1) is 22.4. The monoisotopic (exact) mass is 454 g/mol. The summed E-state index contributed by atoms with van der Waals surface area (Å²) in [6, 6.07) is 22.0. The summed E-state index contributed by atoms with van der Waals surface area (Å²) in [5.74, 6) is -0.476. The van der Waals surface area contributed by atoms with E-state index in [9.17, 15) is 4.79 Å². The molecular weight excluding hydrogens is 423 g/mol. The number of hydrogen-bond donors (Lipinski definition) is 0. The normalized spacial score (nSPS) is 14.6. The summed E-state index contributed by atoms with van der Waals surface area (Å²) in [6.45, 7) is 6.40. The molecule has 0 bridgehead atoms. The number of aromatic nitrogens is 1. The summed E-state index contributed by atoms with van der Waals surface area (Å²) >= 11 is 0. The SMILES string of the molecule is Cc1ccc(Cn2cc([C@@H](CC(=O)N3CCCC3)c3cc(C)ccc3F)c3ccccc32)cc1. The molecule has 4 aromatic rings. The molecule has 34 heavy (non-hydrogen) atoms. The molecule has 0 N–H and O–H groups in total. The molecule has 2 heterocycles. The zero-order valence-corrected chi connectivity index (χ0v) is 19.9. The van der Waals surface area contributed by atoms with Gasteiger partial charge in [0.2, 0.25) is 5.91 Å². The number of benzene rings is 3. The molecular formula is C30H31FN2O. The molecule has 3 nitrogen and oxygen atoms in total. The third kappa shape index (κ3) is 4.50. The lowest BCUT2D eigenvalue weighted by Crippen LogP contribution is -2.29. The van der Waals surface area contributed by atoms with E-state index in [4.69, 9.17) is 0 Å². The Bertz CT molecular complexity index is 1320. The fourth-order valence-corrected chi connectivity index (χ4v) is 5.16. The lowest BCUT2D eigenvalue weighted by atomic mass is 9.86. The van der Waals surface area contributed by atoms with E-state index in [1.807, 2.05) is 30.0 Å². The van der Waals surface area contributed by atoms with Gasteiger partial charge in [-0.05, 0) is 55.5 Å². The van der Waals surface area contributed by atoms with E-state index < -0.39 is 0 Å². The molecule has 0 unspecified atom stereocenters. The zero-order valence-electron chi connectivity index (χ0n) is 19.9. The van der Waals surface area contributed by atoms with Crippen LogP contribution in [0.1, 0.15) is 53.0 Å². The van der Waals surface area contributed by atoms with E-state index in [0.29, 0.717) is 5.56 Å². The second-order valence-electron chi connectivity index (χ2n) is 9.58. The molecule has 0 radical (unpaired) electrons. The Hall–Kier alpha value is -3.40. The van der Waals surface area contributed by atoms with Crippen molar-refractivity contribution in [2.75, 3.05) is 13.1 Å². The maximum Gasteiger partial charge on any atom is 0.223 e. The van der Waals surface area contributed by atoms with Crippen LogP contribution in [-0.4, -0.2) is 28.5 Å². The largest absolute Gasteiger partial charge is 0.343 e. The van der Waals surface area contributed by atoms with Gasteiger partial charge in [-0.25, -0.2) is 4.39 Å². The van der Waals surface area contributed by atoms with Crippen molar-refractivity contribution < 1.29 is 9.18 Å². The van der Waals surface area contributed by atoms with Gasteiger partial charge in [-0.2, -0.15) is 0 Å². The molecule has 1 saturated heterocycles. The number of para-hydroxylation sites is 1. The lowest BCUT2D eigenvalue weighted by Gasteiger charge is -2.22. The maximum atomic E-state index is 15.2. The molecule has 1 fully saturated rings. The van der Waals surface area contributed by atoms with Crippen molar-refractivity contribution in [1.82, 2.24) is 9.47 Å². The minimum absolute atomic E-state index is 0.110. The van der Waals surface area contributed by atoms with Crippen molar-refractivity contribution in [3.63, 3.8) is 0 Å². The molecule has 3 aromatic carbocycles. The van der Waals surface area contributed by atoms with E-state index >= 15 is 4.39 Å². The van der Waals surface area contributed by atoms with Crippen LogP contribution in [0.5, 0.6) is 0 Å². The van der Waals surface area contributed by atoms with Gasteiger partial charge in [-0.15, -0.1) is 0 Å². The fraction of sp³-hybridized carbons (Fsp3) is 0.300. The summed E-state index contributed by atoms with van der Waals surface area (Å²) in [5.41, 5.74) is 6.16. The lowest BCUT2D eigenvalue weighted by molar-refractivity contribution is -0.130. The van der Waals surface area contributed by atoms with Gasteiger partial charge in [0, 0.05) is 49.1 Å². The van der Waals surface area contributed by atoms with E-state index in [1.165, 1.54) is 17.2 Å². The topological polar surface area (TPSA) is 25.2 Å². The third-order valence-electron chi connectivity index (χ3n) is 7.03. The van der Waals surface area contributed by atoms with Gasteiger partial charge in [-0.1, -0.05) is 65.7 Å². The summed E-state index contributed by atoms with van der Waals surface area (Å²) in [6.07, 6.45) is 4.50. The standard InChI is InChI=1S/C30H31FN2O/c1-21-9-12-23(13-10-21)19-33-20-27(24-7-3-4-8-29(24)33)25(18-30(34)32-15-5-6-16-32)26-17-22(2)11-14-28(26)31/h3-4,7-14,17,20,25H,5-6,15-16,18-19H2,1-2H3/t25-/m0/s1. The number of hydrogen-bond acceptors (Lipinski definition) is 1. The van der Waals surface area contributed by atoms with Crippen LogP contribution in [0.2, 0.25) is 0 Å². The Balaban J connectivity index is 1.60. The minimum Gasteiger partial charge on any atom is -0.343 e. The van der Waals surface area contributed by atoms with Crippen LogP contribution in [0, 0.1) is 19.7 Å². The van der Waals surface area contributed by atoms with Gasteiger partial charge in [0.15, 0.2) is 0 Å². The van der Waals surface area contributed by atoms with Crippen LogP contribution in [0.3, 0.4) is 0 Å². The maximum absolute atomic E-state index is 15.2. The van der Waals surface area contributed by atoms with Gasteiger partial charge >= 0.3 is 0 Å². The van der Waals surface area contributed by atoms with Gasteiger partial charge in [0.05, 0.1) is 0 Å². The number of aryl methyl sites for hydroxylation is 2. The quantitative estimate of drug-likeness (QED) is 0.323. The molecule has 5 rings (SSSR count). The smallest absolute Gasteiger partial charge is 0.223 e. The molecule has 1 aliphatic heterocycles. The van der Waals surface area contributed by atoms with Gasteiger partial charge in [0.1, 0.15) is 5.82 Å². The van der Waals surface area contributed by atoms with Gasteiger partial charge < -0.3 is 9.47 Å². The molecule has 174 valence electrons. The first-order valence-electron chi connectivity index (χ1n) is 12.2. The Labute approximate surface area is 200 Å². The summed E-state index contributed by atoms with van der Waals surface area (Å²) in [4.78, 5) is 15.2. The van der Waals surface area contributed by atoms with Crippen molar-refractivity contribution in [2.24, 2.45) is 0 Å². The molecule has 4 heteroatoms. The number of nitrogens with zero attached hydrogens (tertiary/aromatic N) is 2. The van der Waals surface area contributed by atoms with Crippen LogP contribution in [0.25, 0.3) is 10.9 Å². The van der Waals surface area contributed by atoms with Crippen molar-refractivity contribution >= 4 is 16.8 Å². The van der Waals surface area contributed by atoms with Crippen LogP contribution in [0.15, 0.2) is 72.9 Å². The molecule has 1 amide bonds. The molecule has 0 aliphatic carbocycles. The number of carbonyl (C=O) groups excluding carboxylic acids is 1.